The van der Waals surface area contributed by atoms with Gasteiger partial charge in [-0.3, -0.25) is 11.3 Å². The summed E-state index contributed by atoms with van der Waals surface area (Å²) in [4.78, 5) is 0. The maximum absolute atomic E-state index is 5.74. The summed E-state index contributed by atoms with van der Waals surface area (Å²) < 4.78 is 0. The summed E-state index contributed by atoms with van der Waals surface area (Å²) in [5, 5.41) is 0. The van der Waals surface area contributed by atoms with Crippen molar-refractivity contribution in [1.82, 2.24) is 5.43 Å². The number of thioether (sulfide) groups is 1. The van der Waals surface area contributed by atoms with Gasteiger partial charge in [-0.2, -0.15) is 11.8 Å². The standard InChI is InChI=1S/C15H24N2S/c1-2-12-3-5-14(6-4-12)15(17-16)11-13-7-9-18-10-8-13/h3-6,13,15,17H,2,7-11,16H2,1H3. The molecule has 18 heavy (non-hydrogen) atoms. The summed E-state index contributed by atoms with van der Waals surface area (Å²) in [6.07, 6.45) is 4.95. The SMILES string of the molecule is CCc1ccc(C(CC2CCSCC2)NN)cc1. The van der Waals surface area contributed by atoms with Crippen molar-refractivity contribution in [1.29, 1.82) is 0 Å². The fraction of sp³-hybridized carbons (Fsp3) is 0.600. The normalized spacial score (nSPS) is 18.8. The molecule has 1 saturated heterocycles. The lowest BCUT2D eigenvalue weighted by Crippen LogP contribution is -2.30. The second-order valence-electron chi connectivity index (χ2n) is 5.11. The van der Waals surface area contributed by atoms with Crippen LogP contribution in [0.25, 0.3) is 0 Å². The van der Waals surface area contributed by atoms with Gasteiger partial charge in [-0.05, 0) is 54.2 Å². The van der Waals surface area contributed by atoms with Crippen LogP contribution in [0.3, 0.4) is 0 Å². The van der Waals surface area contributed by atoms with Crippen LogP contribution in [0.5, 0.6) is 0 Å². The van der Waals surface area contributed by atoms with Gasteiger partial charge in [0.15, 0.2) is 0 Å². The first-order valence-electron chi connectivity index (χ1n) is 6.96. The molecule has 1 fully saturated rings. The highest BCUT2D eigenvalue weighted by atomic mass is 32.2. The molecule has 3 N–H and O–H groups in total. The number of nitrogens with two attached hydrogens (primary N) is 1. The monoisotopic (exact) mass is 264 g/mol. The molecule has 100 valence electrons. The molecular weight excluding hydrogens is 240 g/mol. The highest BCUT2D eigenvalue weighted by molar-refractivity contribution is 7.99. The summed E-state index contributed by atoms with van der Waals surface area (Å²) in [6.45, 7) is 2.19. The second-order valence-corrected chi connectivity index (χ2v) is 6.33. The third kappa shape index (κ3) is 3.74. The van der Waals surface area contributed by atoms with Gasteiger partial charge in [0.05, 0.1) is 0 Å². The van der Waals surface area contributed by atoms with Crippen LogP contribution in [-0.2, 0) is 6.42 Å². The number of hydrogen-bond donors (Lipinski definition) is 2. The Kier molecular flexibility index (Phi) is 5.54. The molecule has 1 aliphatic heterocycles. The Morgan fingerprint density at radius 3 is 2.50 bits per heavy atom. The molecular formula is C15H24N2S. The molecule has 1 aromatic rings. The first-order chi connectivity index (χ1) is 8.83. The van der Waals surface area contributed by atoms with E-state index in [4.69, 9.17) is 5.84 Å². The van der Waals surface area contributed by atoms with Gasteiger partial charge in [-0.15, -0.1) is 0 Å². The van der Waals surface area contributed by atoms with Crippen molar-refractivity contribution < 1.29 is 0 Å². The highest BCUT2D eigenvalue weighted by Crippen LogP contribution is 2.30. The zero-order valence-corrected chi connectivity index (χ0v) is 12.0. The summed E-state index contributed by atoms with van der Waals surface area (Å²) >= 11 is 2.08. The number of hydrogen-bond acceptors (Lipinski definition) is 3. The van der Waals surface area contributed by atoms with Gasteiger partial charge in [0, 0.05) is 6.04 Å². The fourth-order valence-corrected chi connectivity index (χ4v) is 3.81. The molecule has 1 unspecified atom stereocenters. The molecule has 0 bridgehead atoms. The van der Waals surface area contributed by atoms with E-state index < -0.39 is 0 Å². The first kappa shape index (κ1) is 13.9. The van der Waals surface area contributed by atoms with E-state index >= 15 is 0 Å². The summed E-state index contributed by atoms with van der Waals surface area (Å²) in [6, 6.07) is 9.19. The quantitative estimate of drug-likeness (QED) is 0.633. The van der Waals surface area contributed by atoms with Gasteiger partial charge in [0.1, 0.15) is 0 Å². The fourth-order valence-electron chi connectivity index (χ4n) is 2.60. The number of benzene rings is 1. The molecule has 1 heterocycles. The lowest BCUT2D eigenvalue weighted by atomic mass is 9.90. The van der Waals surface area contributed by atoms with Crippen molar-refractivity contribution in [3.63, 3.8) is 0 Å². The minimum absolute atomic E-state index is 0.309. The molecule has 0 aromatic heterocycles. The van der Waals surface area contributed by atoms with E-state index in [2.05, 4.69) is 48.4 Å². The zero-order valence-electron chi connectivity index (χ0n) is 11.2. The van der Waals surface area contributed by atoms with Crippen LogP contribution < -0.4 is 11.3 Å². The lowest BCUT2D eigenvalue weighted by molar-refractivity contribution is 0.374. The maximum atomic E-state index is 5.74. The largest absolute Gasteiger partial charge is 0.271 e. The maximum Gasteiger partial charge on any atom is 0.0462 e. The summed E-state index contributed by atoms with van der Waals surface area (Å²) in [5.74, 6) is 9.20. The molecule has 3 heteroatoms. The Balaban J connectivity index is 1.97. The minimum Gasteiger partial charge on any atom is -0.271 e. The topological polar surface area (TPSA) is 38.0 Å². The molecule has 0 aliphatic carbocycles. The molecule has 0 spiro atoms. The van der Waals surface area contributed by atoms with E-state index in [9.17, 15) is 0 Å². The Morgan fingerprint density at radius 2 is 1.94 bits per heavy atom. The van der Waals surface area contributed by atoms with Crippen LogP contribution in [0.4, 0.5) is 0 Å². The number of nitrogens with one attached hydrogen (secondary N) is 1. The minimum atomic E-state index is 0.309. The van der Waals surface area contributed by atoms with E-state index in [0.29, 0.717) is 6.04 Å². The van der Waals surface area contributed by atoms with Gasteiger partial charge in [-0.1, -0.05) is 31.2 Å². The third-order valence-electron chi connectivity index (χ3n) is 3.90. The summed E-state index contributed by atoms with van der Waals surface area (Å²) in [7, 11) is 0. The van der Waals surface area contributed by atoms with Crippen LogP contribution in [0.15, 0.2) is 24.3 Å². The van der Waals surface area contributed by atoms with Crippen LogP contribution in [0.1, 0.15) is 43.4 Å². The molecule has 1 aromatic carbocycles. The number of hydrazine groups is 1. The molecule has 0 radical (unpaired) electrons. The molecule has 1 aliphatic rings. The van der Waals surface area contributed by atoms with Gasteiger partial charge >= 0.3 is 0 Å². The third-order valence-corrected chi connectivity index (χ3v) is 4.95. The number of rotatable bonds is 5. The van der Waals surface area contributed by atoms with Crippen LogP contribution in [0.2, 0.25) is 0 Å². The number of aryl methyl sites for hydroxylation is 1. The first-order valence-corrected chi connectivity index (χ1v) is 8.11. The molecule has 0 amide bonds. The van der Waals surface area contributed by atoms with Gasteiger partial charge in [-0.25, -0.2) is 0 Å². The van der Waals surface area contributed by atoms with E-state index in [1.54, 1.807) is 0 Å². The summed E-state index contributed by atoms with van der Waals surface area (Å²) in [5.41, 5.74) is 5.72. The van der Waals surface area contributed by atoms with Crippen molar-refractivity contribution >= 4 is 11.8 Å². The molecule has 2 nitrogen and oxygen atoms in total. The van der Waals surface area contributed by atoms with Crippen LogP contribution >= 0.6 is 11.8 Å². The van der Waals surface area contributed by atoms with Gasteiger partial charge < -0.3 is 0 Å². The van der Waals surface area contributed by atoms with Crippen LogP contribution in [0, 0.1) is 5.92 Å². The molecule has 2 rings (SSSR count). The smallest absolute Gasteiger partial charge is 0.0462 e. The van der Waals surface area contributed by atoms with E-state index in [1.165, 1.54) is 41.9 Å². The lowest BCUT2D eigenvalue weighted by Gasteiger charge is -2.26. The zero-order chi connectivity index (χ0) is 12.8. The molecule has 1 atom stereocenters. The van der Waals surface area contributed by atoms with E-state index in [1.807, 2.05) is 0 Å². The van der Waals surface area contributed by atoms with Crippen molar-refractivity contribution in [3.8, 4) is 0 Å². The predicted molar refractivity (Wildman–Crippen MR) is 80.6 cm³/mol. The Hall–Kier alpha value is -0.510. The molecule has 0 saturated carbocycles. The average Bonchev–Trinajstić information content (AvgIpc) is 2.46. The van der Waals surface area contributed by atoms with Crippen molar-refractivity contribution in [2.45, 2.75) is 38.6 Å². The van der Waals surface area contributed by atoms with Gasteiger partial charge in [0.2, 0.25) is 0 Å². The highest BCUT2D eigenvalue weighted by Gasteiger charge is 2.19. The van der Waals surface area contributed by atoms with E-state index in [0.717, 1.165) is 12.3 Å². The van der Waals surface area contributed by atoms with Gasteiger partial charge in [0.25, 0.3) is 0 Å². The van der Waals surface area contributed by atoms with Crippen LogP contribution in [-0.4, -0.2) is 11.5 Å². The van der Waals surface area contributed by atoms with Crippen molar-refractivity contribution in [2.24, 2.45) is 11.8 Å². The predicted octanol–water partition coefficient (Wildman–Crippen LogP) is 3.29. The van der Waals surface area contributed by atoms with E-state index in [-0.39, 0.29) is 0 Å². The Bertz CT molecular complexity index is 344. The van der Waals surface area contributed by atoms with Crippen molar-refractivity contribution in [3.05, 3.63) is 35.4 Å². The second kappa shape index (κ2) is 7.17. The Morgan fingerprint density at radius 1 is 1.28 bits per heavy atom. The average molecular weight is 264 g/mol. The van der Waals surface area contributed by atoms with Crippen molar-refractivity contribution in [2.75, 3.05) is 11.5 Å². The Labute approximate surface area is 115 Å².